The predicted molar refractivity (Wildman–Crippen MR) is 75.0 cm³/mol. The van der Waals surface area contributed by atoms with Gasteiger partial charge in [-0.05, 0) is 63.0 Å². The van der Waals surface area contributed by atoms with E-state index in [-0.39, 0.29) is 0 Å². The van der Waals surface area contributed by atoms with E-state index in [2.05, 4.69) is 29.7 Å². The molecule has 2 N–H and O–H groups in total. The summed E-state index contributed by atoms with van der Waals surface area (Å²) < 4.78 is 5.18. The van der Waals surface area contributed by atoms with Crippen molar-refractivity contribution < 1.29 is 4.74 Å². The number of hydrogen-bond donors (Lipinski definition) is 2. The van der Waals surface area contributed by atoms with Crippen LogP contribution in [0.2, 0.25) is 0 Å². The first-order valence-corrected chi connectivity index (χ1v) is 6.87. The van der Waals surface area contributed by atoms with E-state index < -0.39 is 0 Å². The highest BCUT2D eigenvalue weighted by atomic mass is 16.5. The van der Waals surface area contributed by atoms with Gasteiger partial charge in [-0.2, -0.15) is 0 Å². The van der Waals surface area contributed by atoms with E-state index in [9.17, 15) is 0 Å². The van der Waals surface area contributed by atoms with Crippen LogP contribution in [-0.2, 0) is 0 Å². The molecule has 0 amide bonds. The van der Waals surface area contributed by atoms with E-state index in [1.807, 2.05) is 12.1 Å². The molecule has 1 unspecified atom stereocenters. The van der Waals surface area contributed by atoms with Gasteiger partial charge in [-0.25, -0.2) is 0 Å². The standard InChI is InChI=1S/C15H24N2O/c1-12(14-5-7-15(18-2)8-6-14)17-11-13-4-3-9-16-10-13/h5-8,12-13,16-17H,3-4,9-11H2,1-2H3/t12-,13?/m1/s1. The van der Waals surface area contributed by atoms with E-state index in [1.165, 1.54) is 24.9 Å². The smallest absolute Gasteiger partial charge is 0.118 e. The van der Waals surface area contributed by atoms with Gasteiger partial charge in [0.15, 0.2) is 0 Å². The molecule has 18 heavy (non-hydrogen) atoms. The van der Waals surface area contributed by atoms with Crippen LogP contribution in [0.25, 0.3) is 0 Å². The lowest BCUT2D eigenvalue weighted by atomic mass is 9.99. The Hall–Kier alpha value is -1.06. The number of piperidine rings is 1. The number of ether oxygens (including phenoxy) is 1. The van der Waals surface area contributed by atoms with Crippen molar-refractivity contribution in [2.45, 2.75) is 25.8 Å². The van der Waals surface area contributed by atoms with Crippen LogP contribution in [0.3, 0.4) is 0 Å². The van der Waals surface area contributed by atoms with Crippen molar-refractivity contribution in [3.63, 3.8) is 0 Å². The first kappa shape index (κ1) is 13.4. The molecule has 0 bridgehead atoms. The average Bonchev–Trinajstić information content (AvgIpc) is 2.46. The summed E-state index contributed by atoms with van der Waals surface area (Å²) in [7, 11) is 1.70. The van der Waals surface area contributed by atoms with Crippen LogP contribution in [0.4, 0.5) is 0 Å². The SMILES string of the molecule is COc1ccc([C@@H](C)NCC2CCCNC2)cc1. The summed E-state index contributed by atoms with van der Waals surface area (Å²) in [5.41, 5.74) is 1.32. The second-order valence-corrected chi connectivity index (χ2v) is 5.12. The largest absolute Gasteiger partial charge is 0.497 e. The number of benzene rings is 1. The second-order valence-electron chi connectivity index (χ2n) is 5.12. The summed E-state index contributed by atoms with van der Waals surface area (Å²) in [6, 6.07) is 8.72. The van der Waals surface area contributed by atoms with Gasteiger partial charge in [-0.3, -0.25) is 0 Å². The van der Waals surface area contributed by atoms with Gasteiger partial charge in [0.1, 0.15) is 5.75 Å². The van der Waals surface area contributed by atoms with Gasteiger partial charge in [-0.15, -0.1) is 0 Å². The molecule has 1 aromatic rings. The molecule has 0 spiro atoms. The van der Waals surface area contributed by atoms with Gasteiger partial charge in [0.25, 0.3) is 0 Å². The molecule has 2 atom stereocenters. The molecule has 1 aromatic carbocycles. The molecule has 0 aromatic heterocycles. The molecule has 0 aliphatic carbocycles. The molecule has 1 fully saturated rings. The van der Waals surface area contributed by atoms with E-state index >= 15 is 0 Å². The van der Waals surface area contributed by atoms with Crippen LogP contribution in [-0.4, -0.2) is 26.7 Å². The Balaban J connectivity index is 1.80. The molecule has 1 heterocycles. The quantitative estimate of drug-likeness (QED) is 0.839. The first-order chi connectivity index (χ1) is 8.79. The molecule has 1 aliphatic rings. The summed E-state index contributed by atoms with van der Waals surface area (Å²) in [4.78, 5) is 0. The van der Waals surface area contributed by atoms with E-state index in [0.717, 1.165) is 24.8 Å². The van der Waals surface area contributed by atoms with Crippen LogP contribution in [0.1, 0.15) is 31.4 Å². The maximum Gasteiger partial charge on any atom is 0.118 e. The van der Waals surface area contributed by atoms with Gasteiger partial charge in [0.2, 0.25) is 0 Å². The molecule has 3 heteroatoms. The highest BCUT2D eigenvalue weighted by Gasteiger charge is 2.14. The number of nitrogens with one attached hydrogen (secondary N) is 2. The maximum atomic E-state index is 5.18. The second kappa shape index (κ2) is 6.76. The number of hydrogen-bond acceptors (Lipinski definition) is 3. The van der Waals surface area contributed by atoms with Crippen molar-refractivity contribution in [2.75, 3.05) is 26.7 Å². The molecule has 0 saturated carbocycles. The fraction of sp³-hybridized carbons (Fsp3) is 0.600. The molecule has 1 aliphatic heterocycles. The van der Waals surface area contributed by atoms with Crippen molar-refractivity contribution in [2.24, 2.45) is 5.92 Å². The zero-order valence-corrected chi connectivity index (χ0v) is 11.4. The summed E-state index contributed by atoms with van der Waals surface area (Å²) >= 11 is 0. The van der Waals surface area contributed by atoms with Gasteiger partial charge in [0, 0.05) is 6.04 Å². The maximum absolute atomic E-state index is 5.18. The zero-order chi connectivity index (χ0) is 12.8. The van der Waals surface area contributed by atoms with Crippen LogP contribution < -0.4 is 15.4 Å². The minimum atomic E-state index is 0.401. The third-order valence-electron chi connectivity index (χ3n) is 3.73. The molecular formula is C15H24N2O. The minimum absolute atomic E-state index is 0.401. The minimum Gasteiger partial charge on any atom is -0.497 e. The predicted octanol–water partition coefficient (Wildman–Crippen LogP) is 2.35. The van der Waals surface area contributed by atoms with Crippen molar-refractivity contribution in [3.05, 3.63) is 29.8 Å². The zero-order valence-electron chi connectivity index (χ0n) is 11.4. The van der Waals surface area contributed by atoms with Crippen molar-refractivity contribution in [3.8, 4) is 5.75 Å². The summed E-state index contributed by atoms with van der Waals surface area (Å²) in [6.45, 7) is 5.66. The van der Waals surface area contributed by atoms with Crippen molar-refractivity contribution in [1.82, 2.24) is 10.6 Å². The normalized spacial score (nSPS) is 21.6. The number of rotatable bonds is 5. The first-order valence-electron chi connectivity index (χ1n) is 6.87. The third kappa shape index (κ3) is 3.72. The van der Waals surface area contributed by atoms with E-state index in [4.69, 9.17) is 4.74 Å². The van der Waals surface area contributed by atoms with Crippen LogP contribution in [0, 0.1) is 5.92 Å². The van der Waals surface area contributed by atoms with Gasteiger partial charge in [-0.1, -0.05) is 12.1 Å². The Bertz CT molecular complexity index is 344. The summed E-state index contributed by atoms with van der Waals surface area (Å²) in [5, 5.41) is 7.08. The molecule has 2 rings (SSSR count). The third-order valence-corrected chi connectivity index (χ3v) is 3.73. The lowest BCUT2D eigenvalue weighted by Crippen LogP contribution is -2.36. The fourth-order valence-electron chi connectivity index (χ4n) is 2.45. The van der Waals surface area contributed by atoms with Crippen LogP contribution in [0.15, 0.2) is 24.3 Å². The number of methoxy groups -OCH3 is 1. The topological polar surface area (TPSA) is 33.3 Å². The Labute approximate surface area is 110 Å². The lowest BCUT2D eigenvalue weighted by Gasteiger charge is -2.25. The molecule has 3 nitrogen and oxygen atoms in total. The van der Waals surface area contributed by atoms with E-state index in [1.54, 1.807) is 7.11 Å². The fourth-order valence-corrected chi connectivity index (χ4v) is 2.45. The monoisotopic (exact) mass is 248 g/mol. The lowest BCUT2D eigenvalue weighted by molar-refractivity contribution is 0.348. The van der Waals surface area contributed by atoms with Gasteiger partial charge < -0.3 is 15.4 Å². The highest BCUT2D eigenvalue weighted by molar-refractivity contribution is 5.28. The van der Waals surface area contributed by atoms with Crippen LogP contribution in [0.5, 0.6) is 5.75 Å². The van der Waals surface area contributed by atoms with Gasteiger partial charge >= 0.3 is 0 Å². The molecule has 100 valence electrons. The Morgan fingerprint density at radius 2 is 2.17 bits per heavy atom. The van der Waals surface area contributed by atoms with Crippen molar-refractivity contribution in [1.29, 1.82) is 0 Å². The summed E-state index contributed by atoms with van der Waals surface area (Å²) in [6.07, 6.45) is 2.65. The molecule has 1 saturated heterocycles. The van der Waals surface area contributed by atoms with Crippen LogP contribution >= 0.6 is 0 Å². The Kier molecular flexibility index (Phi) is 5.02. The van der Waals surface area contributed by atoms with E-state index in [0.29, 0.717) is 6.04 Å². The Morgan fingerprint density at radius 1 is 1.39 bits per heavy atom. The molecular weight excluding hydrogens is 224 g/mol. The molecule has 0 radical (unpaired) electrons. The van der Waals surface area contributed by atoms with Crippen molar-refractivity contribution >= 4 is 0 Å². The average molecular weight is 248 g/mol. The Morgan fingerprint density at radius 3 is 2.78 bits per heavy atom. The van der Waals surface area contributed by atoms with Gasteiger partial charge in [0.05, 0.1) is 7.11 Å². The summed E-state index contributed by atoms with van der Waals surface area (Å²) in [5.74, 6) is 1.70. The highest BCUT2D eigenvalue weighted by Crippen LogP contribution is 2.18.